The van der Waals surface area contributed by atoms with Crippen molar-refractivity contribution in [3.63, 3.8) is 0 Å². The lowest BCUT2D eigenvalue weighted by Crippen LogP contribution is -2.28. The standard InChI is InChI=1S/C9H11NO2.C9H11NO/c1-9(2,8(11)12)7-3-5-10-6-4-7;1-7(8(2)11)9-3-5-10-6-4-9/h3-6H,1-2H3,(H,11,12);3-7H,1-2H3. The molecule has 2 aromatic rings. The smallest absolute Gasteiger partial charge is 0.313 e. The zero-order valence-corrected chi connectivity index (χ0v) is 13.9. The highest BCUT2D eigenvalue weighted by Crippen LogP contribution is 2.21. The van der Waals surface area contributed by atoms with Crippen LogP contribution in [0.1, 0.15) is 44.7 Å². The zero-order valence-electron chi connectivity index (χ0n) is 13.9. The minimum absolute atomic E-state index is 0.00185. The monoisotopic (exact) mass is 314 g/mol. The average Bonchev–Trinajstić information content (AvgIpc) is 2.56. The van der Waals surface area contributed by atoms with Crippen LogP contribution in [-0.2, 0) is 15.0 Å². The highest BCUT2D eigenvalue weighted by molar-refractivity contribution is 5.82. The minimum Gasteiger partial charge on any atom is -0.481 e. The van der Waals surface area contributed by atoms with E-state index in [-0.39, 0.29) is 11.7 Å². The molecule has 0 saturated carbocycles. The molecule has 0 amide bonds. The van der Waals surface area contributed by atoms with Gasteiger partial charge in [0.2, 0.25) is 0 Å². The third kappa shape index (κ3) is 5.29. The Morgan fingerprint density at radius 3 is 1.83 bits per heavy atom. The van der Waals surface area contributed by atoms with Gasteiger partial charge in [0.05, 0.1) is 5.41 Å². The van der Waals surface area contributed by atoms with Crippen LogP contribution in [-0.4, -0.2) is 26.8 Å². The van der Waals surface area contributed by atoms with Crippen LogP contribution in [0.15, 0.2) is 49.1 Å². The molecule has 5 heteroatoms. The van der Waals surface area contributed by atoms with Crippen LogP contribution in [0, 0.1) is 0 Å². The van der Waals surface area contributed by atoms with Gasteiger partial charge in [0, 0.05) is 30.7 Å². The van der Waals surface area contributed by atoms with E-state index in [0.717, 1.165) is 11.1 Å². The Morgan fingerprint density at radius 1 is 1.00 bits per heavy atom. The topological polar surface area (TPSA) is 80.2 Å². The van der Waals surface area contributed by atoms with E-state index in [1.807, 2.05) is 19.1 Å². The molecule has 0 bridgehead atoms. The third-order valence-electron chi connectivity index (χ3n) is 3.75. The van der Waals surface area contributed by atoms with Gasteiger partial charge in [0.15, 0.2) is 0 Å². The number of aromatic nitrogens is 2. The van der Waals surface area contributed by atoms with Gasteiger partial charge >= 0.3 is 5.97 Å². The Labute approximate surface area is 136 Å². The molecule has 1 atom stereocenters. The second kappa shape index (κ2) is 8.17. The number of nitrogens with zero attached hydrogens (tertiary/aromatic N) is 2. The molecule has 0 radical (unpaired) electrons. The van der Waals surface area contributed by atoms with Gasteiger partial charge < -0.3 is 5.11 Å². The van der Waals surface area contributed by atoms with Gasteiger partial charge in [-0.2, -0.15) is 0 Å². The molecule has 122 valence electrons. The van der Waals surface area contributed by atoms with Crippen LogP contribution in [0.5, 0.6) is 0 Å². The van der Waals surface area contributed by atoms with E-state index < -0.39 is 11.4 Å². The van der Waals surface area contributed by atoms with Crippen molar-refractivity contribution in [3.8, 4) is 0 Å². The lowest BCUT2D eigenvalue weighted by molar-refractivity contribution is -0.142. The number of hydrogen-bond donors (Lipinski definition) is 1. The highest BCUT2D eigenvalue weighted by atomic mass is 16.4. The largest absolute Gasteiger partial charge is 0.481 e. The van der Waals surface area contributed by atoms with Crippen LogP contribution in [0.4, 0.5) is 0 Å². The van der Waals surface area contributed by atoms with Crippen molar-refractivity contribution in [3.05, 3.63) is 60.2 Å². The Bertz CT molecular complexity index is 640. The summed E-state index contributed by atoms with van der Waals surface area (Å²) in [5, 5.41) is 8.87. The number of carbonyl (C=O) groups is 2. The molecule has 1 N–H and O–H groups in total. The fourth-order valence-corrected chi connectivity index (χ4v) is 1.78. The number of hydrogen-bond acceptors (Lipinski definition) is 4. The maximum absolute atomic E-state index is 10.9. The number of ketones is 1. The Hall–Kier alpha value is -2.56. The van der Waals surface area contributed by atoms with Gasteiger partial charge in [-0.25, -0.2) is 0 Å². The first-order valence-electron chi connectivity index (χ1n) is 7.31. The number of pyridine rings is 2. The van der Waals surface area contributed by atoms with Crippen molar-refractivity contribution >= 4 is 11.8 Å². The molecule has 0 aliphatic carbocycles. The van der Waals surface area contributed by atoms with Crippen molar-refractivity contribution in [2.24, 2.45) is 0 Å². The molecular formula is C18H22N2O3. The van der Waals surface area contributed by atoms with Gasteiger partial charge in [-0.1, -0.05) is 6.92 Å². The van der Waals surface area contributed by atoms with Crippen LogP contribution in [0.25, 0.3) is 0 Å². The zero-order chi connectivity index (χ0) is 17.5. The van der Waals surface area contributed by atoms with E-state index in [2.05, 4.69) is 9.97 Å². The summed E-state index contributed by atoms with van der Waals surface area (Å²) in [6.45, 7) is 6.85. The second-order valence-electron chi connectivity index (χ2n) is 5.78. The van der Waals surface area contributed by atoms with E-state index in [4.69, 9.17) is 5.11 Å². The maximum atomic E-state index is 10.9. The second-order valence-corrected chi connectivity index (χ2v) is 5.78. The quantitative estimate of drug-likeness (QED) is 0.937. The molecule has 0 aliphatic rings. The van der Waals surface area contributed by atoms with Crippen molar-refractivity contribution in [2.45, 2.75) is 39.0 Å². The fraction of sp³-hybridized carbons (Fsp3) is 0.333. The van der Waals surface area contributed by atoms with Crippen LogP contribution in [0.3, 0.4) is 0 Å². The molecule has 2 aromatic heterocycles. The number of aliphatic carboxylic acids is 1. The van der Waals surface area contributed by atoms with Crippen molar-refractivity contribution in [1.29, 1.82) is 0 Å². The molecule has 0 aliphatic heterocycles. The Balaban J connectivity index is 0.000000231. The Morgan fingerprint density at radius 2 is 1.43 bits per heavy atom. The molecule has 1 unspecified atom stereocenters. The number of Topliss-reactive ketones (excluding diaryl/α,β-unsaturated/α-hetero) is 1. The SMILES string of the molecule is CC(=O)C(C)c1ccncc1.CC(C)(C(=O)O)c1ccncc1. The third-order valence-corrected chi connectivity index (χ3v) is 3.75. The van der Waals surface area contributed by atoms with Gasteiger partial charge in [-0.05, 0) is 56.2 Å². The lowest BCUT2D eigenvalue weighted by Gasteiger charge is -2.18. The lowest BCUT2D eigenvalue weighted by atomic mass is 9.86. The summed E-state index contributed by atoms with van der Waals surface area (Å²) < 4.78 is 0. The summed E-state index contributed by atoms with van der Waals surface area (Å²) in [6.07, 6.45) is 6.60. The minimum atomic E-state index is -0.830. The molecule has 2 heterocycles. The predicted octanol–water partition coefficient (Wildman–Crippen LogP) is 3.22. The van der Waals surface area contributed by atoms with E-state index in [1.165, 1.54) is 0 Å². The van der Waals surface area contributed by atoms with E-state index in [9.17, 15) is 9.59 Å². The summed E-state index contributed by atoms with van der Waals surface area (Å²) in [4.78, 5) is 29.4. The highest BCUT2D eigenvalue weighted by Gasteiger charge is 2.28. The van der Waals surface area contributed by atoms with Gasteiger partial charge in [-0.3, -0.25) is 19.6 Å². The molecule has 2 rings (SSSR count). The van der Waals surface area contributed by atoms with Crippen molar-refractivity contribution < 1.29 is 14.7 Å². The molecule has 0 saturated heterocycles. The van der Waals surface area contributed by atoms with E-state index >= 15 is 0 Å². The summed E-state index contributed by atoms with van der Waals surface area (Å²) in [6, 6.07) is 7.17. The van der Waals surface area contributed by atoms with Gasteiger partial charge in [-0.15, -0.1) is 0 Å². The van der Waals surface area contributed by atoms with E-state index in [0.29, 0.717) is 0 Å². The normalized spacial score (nSPS) is 11.8. The first-order chi connectivity index (χ1) is 10.8. The summed E-state index contributed by atoms with van der Waals surface area (Å²) >= 11 is 0. The van der Waals surface area contributed by atoms with Crippen LogP contribution in [0.2, 0.25) is 0 Å². The summed E-state index contributed by atoms with van der Waals surface area (Å²) in [5.41, 5.74) is 0.973. The van der Waals surface area contributed by atoms with Crippen molar-refractivity contribution in [2.75, 3.05) is 0 Å². The summed E-state index contributed by atoms with van der Waals surface area (Å²) in [5.74, 6) is -0.636. The van der Waals surface area contributed by atoms with Crippen molar-refractivity contribution in [1.82, 2.24) is 9.97 Å². The first kappa shape index (κ1) is 18.5. The molecule has 0 spiro atoms. The van der Waals surface area contributed by atoms with Crippen LogP contribution < -0.4 is 0 Å². The number of carboxylic acids is 1. The van der Waals surface area contributed by atoms with Gasteiger partial charge in [0.1, 0.15) is 5.78 Å². The van der Waals surface area contributed by atoms with Gasteiger partial charge in [0.25, 0.3) is 0 Å². The summed E-state index contributed by atoms with van der Waals surface area (Å²) in [7, 11) is 0. The molecule has 23 heavy (non-hydrogen) atoms. The van der Waals surface area contributed by atoms with Crippen LogP contribution >= 0.6 is 0 Å². The fourth-order valence-electron chi connectivity index (χ4n) is 1.78. The average molecular weight is 314 g/mol. The molecule has 0 aromatic carbocycles. The number of rotatable bonds is 4. The first-order valence-corrected chi connectivity index (χ1v) is 7.31. The predicted molar refractivity (Wildman–Crippen MR) is 88.2 cm³/mol. The molecule has 0 fully saturated rings. The molecular weight excluding hydrogens is 292 g/mol. The van der Waals surface area contributed by atoms with E-state index in [1.54, 1.807) is 57.7 Å². The maximum Gasteiger partial charge on any atom is 0.313 e. The number of carbonyl (C=O) groups excluding carboxylic acids is 1. The Kier molecular flexibility index (Phi) is 6.57. The molecule has 5 nitrogen and oxygen atoms in total. The number of carboxylic acid groups (broad SMARTS) is 1.